The van der Waals surface area contributed by atoms with E-state index in [0.717, 1.165) is 11.5 Å². The smallest absolute Gasteiger partial charge is 0.141 e. The van der Waals surface area contributed by atoms with Crippen molar-refractivity contribution in [2.45, 2.75) is 59.2 Å². The van der Waals surface area contributed by atoms with Crippen LogP contribution in [0.4, 0.5) is 0 Å². The number of pyridine rings is 1. The van der Waals surface area contributed by atoms with E-state index in [0.29, 0.717) is 29.8 Å². The highest BCUT2D eigenvalue weighted by molar-refractivity contribution is 5.40. The number of aromatic nitrogens is 1. The van der Waals surface area contributed by atoms with E-state index in [1.807, 2.05) is 0 Å². The number of hydrogen-bond donors (Lipinski definition) is 3. The van der Waals surface area contributed by atoms with Crippen molar-refractivity contribution in [3.8, 4) is 5.75 Å². The number of aryl methyl sites for hydroxylation is 1. The lowest BCUT2D eigenvalue weighted by Crippen LogP contribution is -2.40. The van der Waals surface area contributed by atoms with Crippen LogP contribution < -0.4 is 5.32 Å². The van der Waals surface area contributed by atoms with Crippen LogP contribution in [0.1, 0.15) is 49.9 Å². The van der Waals surface area contributed by atoms with Gasteiger partial charge in [0.1, 0.15) is 5.75 Å². The number of aliphatic hydroxyl groups is 1. The van der Waals surface area contributed by atoms with Gasteiger partial charge in [0.05, 0.1) is 12.3 Å². The van der Waals surface area contributed by atoms with Gasteiger partial charge in [-0.1, -0.05) is 26.7 Å². The minimum atomic E-state index is -0.0888. The Bertz CT molecular complexity index is 462. The number of rotatable bonds is 4. The highest BCUT2D eigenvalue weighted by atomic mass is 16.3. The molecule has 0 radical (unpaired) electrons. The zero-order valence-corrected chi connectivity index (χ0v) is 12.7. The molecule has 1 aliphatic rings. The van der Waals surface area contributed by atoms with E-state index >= 15 is 0 Å². The van der Waals surface area contributed by atoms with E-state index in [9.17, 15) is 10.2 Å². The molecular weight excluding hydrogens is 252 g/mol. The van der Waals surface area contributed by atoms with Crippen LogP contribution >= 0.6 is 0 Å². The van der Waals surface area contributed by atoms with Crippen molar-refractivity contribution in [1.29, 1.82) is 0 Å². The minimum absolute atomic E-state index is 0.0888. The third kappa shape index (κ3) is 3.13. The lowest BCUT2D eigenvalue weighted by molar-refractivity contribution is 0.205. The van der Waals surface area contributed by atoms with Gasteiger partial charge in [0.15, 0.2) is 0 Å². The Kier molecular flexibility index (Phi) is 5.00. The molecule has 1 aromatic heterocycles. The van der Waals surface area contributed by atoms with Crippen LogP contribution in [-0.4, -0.2) is 21.2 Å². The lowest BCUT2D eigenvalue weighted by atomic mass is 9.78. The SMILES string of the molecule is Cc1ncc(CO)c(CNC2CCCC(C)C2C)c1O. The number of nitrogens with zero attached hydrogens (tertiary/aromatic N) is 1. The van der Waals surface area contributed by atoms with Gasteiger partial charge in [0.25, 0.3) is 0 Å². The van der Waals surface area contributed by atoms with E-state index in [4.69, 9.17) is 0 Å². The summed E-state index contributed by atoms with van der Waals surface area (Å²) >= 11 is 0. The number of aromatic hydroxyl groups is 1. The molecule has 3 N–H and O–H groups in total. The lowest BCUT2D eigenvalue weighted by Gasteiger charge is -2.35. The fourth-order valence-electron chi connectivity index (χ4n) is 3.12. The molecule has 0 aliphatic heterocycles. The monoisotopic (exact) mass is 278 g/mol. The molecule has 0 amide bonds. The highest BCUT2D eigenvalue weighted by Crippen LogP contribution is 2.30. The second kappa shape index (κ2) is 6.55. The predicted molar refractivity (Wildman–Crippen MR) is 79.4 cm³/mol. The number of nitrogens with one attached hydrogen (secondary N) is 1. The summed E-state index contributed by atoms with van der Waals surface area (Å²) in [5.74, 6) is 1.60. The first-order valence-corrected chi connectivity index (χ1v) is 7.55. The predicted octanol–water partition coefficient (Wildman–Crippen LogP) is 2.50. The molecule has 112 valence electrons. The molecule has 3 unspecified atom stereocenters. The molecule has 20 heavy (non-hydrogen) atoms. The topological polar surface area (TPSA) is 65.4 Å². The summed E-state index contributed by atoms with van der Waals surface area (Å²) in [6, 6.07) is 0.484. The van der Waals surface area contributed by atoms with Gasteiger partial charge in [-0.15, -0.1) is 0 Å². The fourth-order valence-corrected chi connectivity index (χ4v) is 3.12. The maximum Gasteiger partial charge on any atom is 0.141 e. The van der Waals surface area contributed by atoms with E-state index < -0.39 is 0 Å². The van der Waals surface area contributed by atoms with Gasteiger partial charge < -0.3 is 15.5 Å². The van der Waals surface area contributed by atoms with Gasteiger partial charge in [0, 0.05) is 29.9 Å². The molecule has 1 saturated carbocycles. The van der Waals surface area contributed by atoms with Crippen LogP contribution in [0.15, 0.2) is 6.20 Å². The summed E-state index contributed by atoms with van der Waals surface area (Å²) in [6.07, 6.45) is 5.40. The third-order valence-corrected chi connectivity index (χ3v) is 4.85. The maximum absolute atomic E-state index is 10.1. The van der Waals surface area contributed by atoms with Gasteiger partial charge in [-0.05, 0) is 25.2 Å². The zero-order chi connectivity index (χ0) is 14.7. The first-order chi connectivity index (χ1) is 9.54. The van der Waals surface area contributed by atoms with Crippen LogP contribution in [0.2, 0.25) is 0 Å². The Labute approximate surface area is 121 Å². The van der Waals surface area contributed by atoms with E-state index in [1.165, 1.54) is 19.3 Å². The van der Waals surface area contributed by atoms with E-state index in [2.05, 4.69) is 24.1 Å². The van der Waals surface area contributed by atoms with Crippen LogP contribution in [0.5, 0.6) is 5.75 Å². The van der Waals surface area contributed by atoms with Crippen molar-refractivity contribution in [2.75, 3.05) is 0 Å². The Hall–Kier alpha value is -1.13. The van der Waals surface area contributed by atoms with Crippen LogP contribution in [0.25, 0.3) is 0 Å². The van der Waals surface area contributed by atoms with Crippen molar-refractivity contribution in [3.05, 3.63) is 23.0 Å². The summed E-state index contributed by atoms with van der Waals surface area (Å²) in [5.41, 5.74) is 2.10. The first-order valence-electron chi connectivity index (χ1n) is 7.55. The molecule has 4 nitrogen and oxygen atoms in total. The Balaban J connectivity index is 2.09. The van der Waals surface area contributed by atoms with Crippen molar-refractivity contribution < 1.29 is 10.2 Å². The van der Waals surface area contributed by atoms with Gasteiger partial charge >= 0.3 is 0 Å². The van der Waals surface area contributed by atoms with Gasteiger partial charge in [0.2, 0.25) is 0 Å². The molecule has 4 heteroatoms. The van der Waals surface area contributed by atoms with Crippen LogP contribution in [0.3, 0.4) is 0 Å². The van der Waals surface area contributed by atoms with Crippen molar-refractivity contribution in [1.82, 2.24) is 10.3 Å². The largest absolute Gasteiger partial charge is 0.506 e. The Morgan fingerprint density at radius 1 is 1.35 bits per heavy atom. The fraction of sp³-hybridized carbons (Fsp3) is 0.688. The van der Waals surface area contributed by atoms with Crippen LogP contribution in [-0.2, 0) is 13.2 Å². The first kappa shape index (κ1) is 15.3. The summed E-state index contributed by atoms with van der Waals surface area (Å²) in [5, 5.41) is 23.1. The average Bonchev–Trinajstić information content (AvgIpc) is 2.44. The molecular formula is C16H26N2O2. The molecule has 2 rings (SSSR count). The van der Waals surface area contributed by atoms with E-state index in [1.54, 1.807) is 13.1 Å². The molecule has 0 bridgehead atoms. The number of hydrogen-bond acceptors (Lipinski definition) is 4. The normalized spacial score (nSPS) is 26.7. The van der Waals surface area contributed by atoms with Crippen molar-refractivity contribution in [2.24, 2.45) is 11.8 Å². The summed E-state index contributed by atoms with van der Waals surface area (Å²) in [4.78, 5) is 4.09. The standard InChI is InChI=1S/C16H26N2O2/c1-10-5-4-6-15(11(10)2)18-8-14-13(9-19)7-17-12(3)16(14)20/h7,10-11,15,18-20H,4-6,8-9H2,1-3H3. The summed E-state index contributed by atoms with van der Waals surface area (Å²) in [6.45, 7) is 6.89. The second-order valence-corrected chi connectivity index (χ2v) is 6.11. The minimum Gasteiger partial charge on any atom is -0.506 e. The van der Waals surface area contributed by atoms with Gasteiger partial charge in [-0.3, -0.25) is 4.98 Å². The van der Waals surface area contributed by atoms with Crippen LogP contribution in [0, 0.1) is 18.8 Å². The molecule has 1 fully saturated rings. The number of aliphatic hydroxyl groups excluding tert-OH is 1. The highest BCUT2D eigenvalue weighted by Gasteiger charge is 2.27. The second-order valence-electron chi connectivity index (χ2n) is 6.11. The zero-order valence-electron chi connectivity index (χ0n) is 12.7. The molecule has 1 heterocycles. The summed E-state index contributed by atoms with van der Waals surface area (Å²) < 4.78 is 0. The average molecular weight is 278 g/mol. The van der Waals surface area contributed by atoms with Crippen molar-refractivity contribution >= 4 is 0 Å². The Morgan fingerprint density at radius 3 is 2.80 bits per heavy atom. The molecule has 1 aromatic rings. The quantitative estimate of drug-likeness (QED) is 0.792. The van der Waals surface area contributed by atoms with E-state index in [-0.39, 0.29) is 12.4 Å². The van der Waals surface area contributed by atoms with Gasteiger partial charge in [-0.2, -0.15) is 0 Å². The molecule has 0 aromatic carbocycles. The summed E-state index contributed by atoms with van der Waals surface area (Å²) in [7, 11) is 0. The van der Waals surface area contributed by atoms with Gasteiger partial charge in [-0.25, -0.2) is 0 Å². The maximum atomic E-state index is 10.1. The third-order valence-electron chi connectivity index (χ3n) is 4.85. The Morgan fingerprint density at radius 2 is 2.10 bits per heavy atom. The molecule has 3 atom stereocenters. The molecule has 1 aliphatic carbocycles. The molecule has 0 spiro atoms. The van der Waals surface area contributed by atoms with Crippen molar-refractivity contribution in [3.63, 3.8) is 0 Å². The molecule has 0 saturated heterocycles.